The predicted molar refractivity (Wildman–Crippen MR) is 71.7 cm³/mol. The van der Waals surface area contributed by atoms with E-state index in [9.17, 15) is 13.2 Å². The molecule has 2 aliphatic rings. The average molecular weight is 294 g/mol. The van der Waals surface area contributed by atoms with Crippen molar-refractivity contribution in [3.63, 3.8) is 0 Å². The van der Waals surface area contributed by atoms with Crippen LogP contribution < -0.4 is 5.32 Å². The van der Waals surface area contributed by atoms with E-state index in [1.807, 2.05) is 0 Å². The Morgan fingerprint density at radius 2 is 2.00 bits per heavy atom. The quantitative estimate of drug-likeness (QED) is 0.761. The summed E-state index contributed by atoms with van der Waals surface area (Å²) in [6.45, 7) is 6.15. The third-order valence-electron chi connectivity index (χ3n) is 4.02. The van der Waals surface area contributed by atoms with Crippen LogP contribution in [-0.4, -0.2) is 55.5 Å². The second-order valence-electron chi connectivity index (χ2n) is 6.66. The van der Waals surface area contributed by atoms with Crippen LogP contribution in [0.4, 0.5) is 13.2 Å². The maximum Gasteiger partial charge on any atom is 0.411 e. The molecular formula is C14H25F3N2O. The van der Waals surface area contributed by atoms with Crippen molar-refractivity contribution in [3.8, 4) is 0 Å². The van der Waals surface area contributed by atoms with Crippen molar-refractivity contribution in [2.75, 3.05) is 32.8 Å². The van der Waals surface area contributed by atoms with Crippen molar-refractivity contribution in [2.45, 2.75) is 50.9 Å². The zero-order valence-electron chi connectivity index (χ0n) is 12.3. The molecule has 6 heteroatoms. The summed E-state index contributed by atoms with van der Waals surface area (Å²) < 4.78 is 40.6. The molecule has 2 fully saturated rings. The van der Waals surface area contributed by atoms with Crippen LogP contribution in [0.3, 0.4) is 0 Å². The number of hydrogen-bond acceptors (Lipinski definition) is 3. The van der Waals surface area contributed by atoms with Crippen LogP contribution in [0, 0.1) is 5.92 Å². The number of piperazine rings is 1. The highest BCUT2D eigenvalue weighted by Crippen LogP contribution is 2.37. The highest BCUT2D eigenvalue weighted by atomic mass is 19.4. The fourth-order valence-electron chi connectivity index (χ4n) is 2.94. The maximum absolute atomic E-state index is 12.0. The number of ether oxygens (including phenoxy) is 1. The number of nitrogens with zero attached hydrogens (tertiary/aromatic N) is 1. The van der Waals surface area contributed by atoms with E-state index >= 15 is 0 Å². The number of alkyl halides is 3. The van der Waals surface area contributed by atoms with Crippen molar-refractivity contribution in [2.24, 2.45) is 5.92 Å². The molecule has 0 amide bonds. The van der Waals surface area contributed by atoms with E-state index in [0.717, 1.165) is 25.6 Å². The Morgan fingerprint density at radius 1 is 1.30 bits per heavy atom. The summed E-state index contributed by atoms with van der Waals surface area (Å²) in [4.78, 5) is 2.44. The zero-order chi connectivity index (χ0) is 14.8. The summed E-state index contributed by atoms with van der Waals surface area (Å²) in [6, 6.07) is 0.547. The van der Waals surface area contributed by atoms with Crippen LogP contribution in [0.5, 0.6) is 0 Å². The van der Waals surface area contributed by atoms with E-state index < -0.39 is 12.8 Å². The zero-order valence-corrected chi connectivity index (χ0v) is 12.3. The molecular weight excluding hydrogens is 269 g/mol. The topological polar surface area (TPSA) is 24.5 Å². The first-order chi connectivity index (χ1) is 9.27. The molecule has 20 heavy (non-hydrogen) atoms. The Labute approximate surface area is 118 Å². The third-order valence-corrected chi connectivity index (χ3v) is 4.02. The largest absolute Gasteiger partial charge is 0.411 e. The molecule has 0 spiro atoms. The Morgan fingerprint density at radius 3 is 2.60 bits per heavy atom. The van der Waals surface area contributed by atoms with E-state index in [2.05, 4.69) is 28.8 Å². The van der Waals surface area contributed by atoms with E-state index in [0.29, 0.717) is 12.5 Å². The van der Waals surface area contributed by atoms with Crippen molar-refractivity contribution in [1.82, 2.24) is 10.2 Å². The van der Waals surface area contributed by atoms with Gasteiger partial charge in [-0.15, -0.1) is 0 Å². The van der Waals surface area contributed by atoms with Gasteiger partial charge in [-0.25, -0.2) is 0 Å². The smallest absolute Gasteiger partial charge is 0.372 e. The molecule has 1 aliphatic heterocycles. The maximum atomic E-state index is 12.0. The number of halogens is 3. The van der Waals surface area contributed by atoms with E-state index in [1.54, 1.807) is 0 Å². The second kappa shape index (κ2) is 6.20. The van der Waals surface area contributed by atoms with E-state index in [1.165, 1.54) is 12.8 Å². The first-order valence-corrected chi connectivity index (χ1v) is 7.40. The molecule has 1 aliphatic carbocycles. The first kappa shape index (κ1) is 16.0. The molecule has 1 N–H and O–H groups in total. The summed E-state index contributed by atoms with van der Waals surface area (Å²) >= 11 is 0. The van der Waals surface area contributed by atoms with Gasteiger partial charge in [-0.2, -0.15) is 13.2 Å². The van der Waals surface area contributed by atoms with E-state index in [4.69, 9.17) is 0 Å². The Kier molecular flexibility index (Phi) is 4.97. The normalized spacial score (nSPS) is 27.8. The van der Waals surface area contributed by atoms with Crippen LogP contribution in [0.25, 0.3) is 0 Å². The Hall–Kier alpha value is -0.330. The van der Waals surface area contributed by atoms with Crippen molar-refractivity contribution < 1.29 is 17.9 Å². The third kappa shape index (κ3) is 5.22. The molecule has 1 saturated carbocycles. The van der Waals surface area contributed by atoms with Gasteiger partial charge >= 0.3 is 6.18 Å². The van der Waals surface area contributed by atoms with Gasteiger partial charge in [0.25, 0.3) is 0 Å². The standard InChI is InChI=1S/C14H25F3N2O/c1-13(2)9-19(12(8-18-13)11-4-5-11)6-3-7-20-10-14(15,16)17/h11-12,18H,3-10H2,1-2H3. The lowest BCUT2D eigenvalue weighted by molar-refractivity contribution is -0.174. The molecule has 0 aromatic rings. The van der Waals surface area contributed by atoms with Gasteiger partial charge < -0.3 is 10.1 Å². The van der Waals surface area contributed by atoms with Gasteiger partial charge in [-0.1, -0.05) is 0 Å². The van der Waals surface area contributed by atoms with Crippen LogP contribution >= 0.6 is 0 Å². The van der Waals surface area contributed by atoms with Crippen LogP contribution in [0.15, 0.2) is 0 Å². The van der Waals surface area contributed by atoms with Gasteiger partial charge in [-0.05, 0) is 39.0 Å². The monoisotopic (exact) mass is 294 g/mol. The Bertz CT molecular complexity index is 316. The minimum absolute atomic E-state index is 0.0816. The molecule has 0 bridgehead atoms. The van der Waals surface area contributed by atoms with Gasteiger partial charge in [0.05, 0.1) is 0 Å². The fraction of sp³-hybridized carbons (Fsp3) is 1.00. The summed E-state index contributed by atoms with van der Waals surface area (Å²) in [5, 5.41) is 3.56. The molecule has 118 valence electrons. The molecule has 0 radical (unpaired) electrons. The minimum atomic E-state index is -4.21. The van der Waals surface area contributed by atoms with Gasteiger partial charge in [0.1, 0.15) is 6.61 Å². The van der Waals surface area contributed by atoms with Crippen LogP contribution in [-0.2, 0) is 4.74 Å². The summed E-state index contributed by atoms with van der Waals surface area (Å²) in [5.41, 5.74) is 0.0816. The molecule has 2 rings (SSSR count). The summed E-state index contributed by atoms with van der Waals surface area (Å²) in [5.74, 6) is 0.773. The lowest BCUT2D eigenvalue weighted by atomic mass is 9.96. The molecule has 1 unspecified atom stereocenters. The first-order valence-electron chi connectivity index (χ1n) is 7.40. The summed E-state index contributed by atoms with van der Waals surface area (Å²) in [6.07, 6.45) is -0.981. The molecule has 1 saturated heterocycles. The van der Waals surface area contributed by atoms with Crippen molar-refractivity contribution >= 4 is 0 Å². The van der Waals surface area contributed by atoms with Crippen LogP contribution in [0.1, 0.15) is 33.1 Å². The predicted octanol–water partition coefficient (Wildman–Crippen LogP) is 2.42. The minimum Gasteiger partial charge on any atom is -0.372 e. The molecule has 0 aromatic carbocycles. The van der Waals surface area contributed by atoms with Crippen molar-refractivity contribution in [1.29, 1.82) is 0 Å². The summed E-state index contributed by atoms with van der Waals surface area (Å²) in [7, 11) is 0. The number of hydrogen-bond donors (Lipinski definition) is 1. The number of nitrogens with one attached hydrogen (secondary N) is 1. The van der Waals surface area contributed by atoms with Crippen molar-refractivity contribution in [3.05, 3.63) is 0 Å². The molecule has 0 aromatic heterocycles. The van der Waals surface area contributed by atoms with Gasteiger partial charge in [-0.3, -0.25) is 4.90 Å². The van der Waals surface area contributed by atoms with Crippen LogP contribution in [0.2, 0.25) is 0 Å². The Balaban J connectivity index is 1.71. The highest BCUT2D eigenvalue weighted by Gasteiger charge is 2.40. The van der Waals surface area contributed by atoms with Gasteiger partial charge in [0, 0.05) is 37.8 Å². The molecule has 3 nitrogen and oxygen atoms in total. The SMILES string of the molecule is CC1(C)CN(CCCOCC(F)(F)F)C(C2CC2)CN1. The van der Waals surface area contributed by atoms with Gasteiger partial charge in [0.15, 0.2) is 0 Å². The lowest BCUT2D eigenvalue weighted by Crippen LogP contribution is -2.62. The second-order valence-corrected chi connectivity index (χ2v) is 6.66. The lowest BCUT2D eigenvalue weighted by Gasteiger charge is -2.45. The average Bonchev–Trinajstić information content (AvgIpc) is 3.10. The number of rotatable bonds is 6. The highest BCUT2D eigenvalue weighted by molar-refractivity contribution is 4.98. The van der Waals surface area contributed by atoms with E-state index in [-0.39, 0.29) is 12.1 Å². The fourth-order valence-corrected chi connectivity index (χ4v) is 2.94. The molecule has 1 atom stereocenters. The van der Waals surface area contributed by atoms with Gasteiger partial charge in [0.2, 0.25) is 0 Å². The molecule has 1 heterocycles.